The third kappa shape index (κ3) is 3.95. The number of carboxylic acid groups (broad SMARTS) is 1. The van der Waals surface area contributed by atoms with Gasteiger partial charge in [0.05, 0.1) is 17.8 Å². The summed E-state index contributed by atoms with van der Waals surface area (Å²) >= 11 is 0. The minimum absolute atomic E-state index is 0.121. The van der Waals surface area contributed by atoms with Gasteiger partial charge in [-0.1, -0.05) is 26.0 Å². The Morgan fingerprint density at radius 2 is 1.71 bits per heavy atom. The fourth-order valence-corrected chi connectivity index (χ4v) is 3.29. The van der Waals surface area contributed by atoms with Crippen molar-refractivity contribution in [2.75, 3.05) is 13.2 Å². The zero-order valence-electron chi connectivity index (χ0n) is 13.9. The normalized spacial score (nSPS) is 30.0. The number of aliphatic hydroxyl groups excluding tert-OH is 1. The van der Waals surface area contributed by atoms with Crippen molar-refractivity contribution in [3.63, 3.8) is 0 Å². The van der Waals surface area contributed by atoms with Crippen LogP contribution >= 0.6 is 0 Å². The number of carboxylic acids is 1. The molecule has 1 fully saturated rings. The van der Waals surface area contributed by atoms with Crippen molar-refractivity contribution in [1.82, 2.24) is 0 Å². The van der Waals surface area contributed by atoms with Crippen molar-refractivity contribution in [2.45, 2.75) is 32.8 Å². The van der Waals surface area contributed by atoms with Crippen molar-refractivity contribution in [3.05, 3.63) is 12.2 Å². The van der Waals surface area contributed by atoms with Crippen LogP contribution in [-0.2, 0) is 23.9 Å². The quantitative estimate of drug-likeness (QED) is 0.501. The molecule has 2 rings (SSSR count). The Hall–Kier alpha value is -1.89. The van der Waals surface area contributed by atoms with E-state index < -0.39 is 35.8 Å². The summed E-state index contributed by atoms with van der Waals surface area (Å²) in [6.45, 7) is 3.00. The molecule has 6 unspecified atom stereocenters. The van der Waals surface area contributed by atoms with Crippen molar-refractivity contribution in [2.24, 2.45) is 29.6 Å². The first-order chi connectivity index (χ1) is 11.3. The zero-order chi connectivity index (χ0) is 17.9. The second-order valence-corrected chi connectivity index (χ2v) is 6.56. The van der Waals surface area contributed by atoms with Gasteiger partial charge >= 0.3 is 17.9 Å². The molecule has 7 heteroatoms. The number of carbonyl (C=O) groups is 3. The molecule has 6 atom stereocenters. The Bertz CT molecular complexity index is 527. The molecule has 0 heterocycles. The Labute approximate surface area is 140 Å². The van der Waals surface area contributed by atoms with E-state index in [9.17, 15) is 24.6 Å². The van der Waals surface area contributed by atoms with E-state index in [0.717, 1.165) is 0 Å². The predicted octanol–water partition coefficient (Wildman–Crippen LogP) is 1.00. The highest BCUT2D eigenvalue weighted by molar-refractivity contribution is 5.83. The summed E-state index contributed by atoms with van der Waals surface area (Å²) in [4.78, 5) is 35.1. The first-order valence-electron chi connectivity index (χ1n) is 8.27. The lowest BCUT2D eigenvalue weighted by Crippen LogP contribution is -2.36. The van der Waals surface area contributed by atoms with E-state index in [4.69, 9.17) is 9.47 Å². The number of rotatable bonds is 8. The first kappa shape index (κ1) is 18.4. The summed E-state index contributed by atoms with van der Waals surface area (Å²) < 4.78 is 10.00. The number of ether oxygens (including phenoxy) is 2. The molecular weight excluding hydrogens is 316 g/mol. The molecule has 2 N–H and O–H groups in total. The molecule has 2 aliphatic rings. The summed E-state index contributed by atoms with van der Waals surface area (Å²) in [5.41, 5.74) is 0. The van der Waals surface area contributed by atoms with Gasteiger partial charge in [0.15, 0.2) is 0 Å². The molecule has 0 radical (unpaired) electrons. The minimum Gasteiger partial charge on any atom is -0.481 e. The number of aliphatic carboxylic acids is 1. The average molecular weight is 340 g/mol. The van der Waals surface area contributed by atoms with E-state index in [0.29, 0.717) is 12.8 Å². The number of carbonyl (C=O) groups excluding carboxylic acids is 2. The molecule has 7 nitrogen and oxygen atoms in total. The van der Waals surface area contributed by atoms with Gasteiger partial charge in [0.25, 0.3) is 0 Å². The smallest absolute Gasteiger partial charge is 0.310 e. The third-order valence-electron chi connectivity index (χ3n) is 4.87. The second kappa shape index (κ2) is 7.79. The molecular formula is C17H24O7. The monoisotopic (exact) mass is 340 g/mol. The van der Waals surface area contributed by atoms with Crippen LogP contribution in [0.5, 0.6) is 0 Å². The molecule has 0 spiro atoms. The predicted molar refractivity (Wildman–Crippen MR) is 82.7 cm³/mol. The lowest BCUT2D eigenvalue weighted by atomic mass is 9.83. The SMILES string of the molecule is CCC(C)C(=O)OCC(O)COC(=O)C1C2C=CC(C2)C1C(=O)O. The van der Waals surface area contributed by atoms with Gasteiger partial charge in [0.1, 0.15) is 19.3 Å². The van der Waals surface area contributed by atoms with Gasteiger partial charge < -0.3 is 19.7 Å². The van der Waals surface area contributed by atoms with Crippen molar-refractivity contribution in [1.29, 1.82) is 0 Å². The van der Waals surface area contributed by atoms with Crippen LogP contribution in [0.15, 0.2) is 12.2 Å². The summed E-state index contributed by atoms with van der Waals surface area (Å²) in [6, 6.07) is 0. The summed E-state index contributed by atoms with van der Waals surface area (Å²) in [5, 5.41) is 19.1. The lowest BCUT2D eigenvalue weighted by Gasteiger charge is -2.23. The van der Waals surface area contributed by atoms with Crippen molar-refractivity contribution in [3.8, 4) is 0 Å². The number of fused-ring (bicyclic) bond motifs is 2. The van der Waals surface area contributed by atoms with Crippen molar-refractivity contribution < 1.29 is 34.1 Å². The van der Waals surface area contributed by atoms with Gasteiger partial charge in [-0.25, -0.2) is 0 Å². The fourth-order valence-electron chi connectivity index (χ4n) is 3.29. The molecule has 0 aromatic rings. The first-order valence-corrected chi connectivity index (χ1v) is 8.27. The van der Waals surface area contributed by atoms with Gasteiger partial charge in [-0.3, -0.25) is 14.4 Å². The van der Waals surface area contributed by atoms with E-state index >= 15 is 0 Å². The van der Waals surface area contributed by atoms with Crippen LogP contribution in [0.1, 0.15) is 26.7 Å². The molecule has 0 aliphatic heterocycles. The fraction of sp³-hybridized carbons (Fsp3) is 0.706. The van der Waals surface area contributed by atoms with Crippen LogP contribution in [0, 0.1) is 29.6 Å². The Morgan fingerprint density at radius 3 is 2.29 bits per heavy atom. The number of esters is 2. The summed E-state index contributed by atoms with van der Waals surface area (Å²) in [7, 11) is 0. The molecule has 0 aromatic carbocycles. The van der Waals surface area contributed by atoms with Crippen LogP contribution in [0.3, 0.4) is 0 Å². The van der Waals surface area contributed by atoms with Gasteiger partial charge in [-0.2, -0.15) is 0 Å². The number of hydrogen-bond donors (Lipinski definition) is 2. The van der Waals surface area contributed by atoms with Crippen LogP contribution in [0.25, 0.3) is 0 Å². The summed E-state index contributed by atoms with van der Waals surface area (Å²) in [5.74, 6) is -4.02. The van der Waals surface area contributed by atoms with Gasteiger partial charge in [-0.15, -0.1) is 0 Å². The molecule has 0 aromatic heterocycles. The average Bonchev–Trinajstić information content (AvgIpc) is 3.17. The highest BCUT2D eigenvalue weighted by atomic mass is 16.6. The molecule has 2 aliphatic carbocycles. The van der Waals surface area contributed by atoms with E-state index in [-0.39, 0.29) is 31.0 Å². The maximum absolute atomic E-state index is 12.2. The van der Waals surface area contributed by atoms with Gasteiger partial charge in [-0.05, 0) is 24.7 Å². The van der Waals surface area contributed by atoms with Crippen LogP contribution in [0.2, 0.25) is 0 Å². The molecule has 1 saturated carbocycles. The topological polar surface area (TPSA) is 110 Å². The Morgan fingerprint density at radius 1 is 1.12 bits per heavy atom. The number of aliphatic hydroxyl groups is 1. The summed E-state index contributed by atoms with van der Waals surface area (Å²) in [6.07, 6.45) is 3.86. The van der Waals surface area contributed by atoms with Gasteiger partial charge in [0, 0.05) is 0 Å². The van der Waals surface area contributed by atoms with E-state index in [1.807, 2.05) is 19.1 Å². The molecule has 134 valence electrons. The maximum Gasteiger partial charge on any atom is 0.310 e. The number of hydrogen-bond acceptors (Lipinski definition) is 6. The highest BCUT2D eigenvalue weighted by Gasteiger charge is 2.52. The van der Waals surface area contributed by atoms with Crippen LogP contribution < -0.4 is 0 Å². The highest BCUT2D eigenvalue weighted by Crippen LogP contribution is 2.48. The molecule has 24 heavy (non-hydrogen) atoms. The zero-order valence-corrected chi connectivity index (χ0v) is 13.9. The molecule has 0 saturated heterocycles. The van der Waals surface area contributed by atoms with E-state index in [1.54, 1.807) is 6.92 Å². The van der Waals surface area contributed by atoms with E-state index in [1.165, 1.54) is 0 Å². The Balaban J connectivity index is 1.79. The molecule has 2 bridgehead atoms. The van der Waals surface area contributed by atoms with Crippen LogP contribution in [-0.4, -0.2) is 47.4 Å². The Kier molecular flexibility index (Phi) is 5.99. The van der Waals surface area contributed by atoms with Gasteiger partial charge in [0.2, 0.25) is 0 Å². The van der Waals surface area contributed by atoms with Crippen molar-refractivity contribution >= 4 is 17.9 Å². The number of allylic oxidation sites excluding steroid dienone is 2. The second-order valence-electron chi connectivity index (χ2n) is 6.56. The van der Waals surface area contributed by atoms with Crippen LogP contribution in [0.4, 0.5) is 0 Å². The molecule has 0 amide bonds. The van der Waals surface area contributed by atoms with E-state index in [2.05, 4.69) is 0 Å². The maximum atomic E-state index is 12.2. The third-order valence-corrected chi connectivity index (χ3v) is 4.87. The minimum atomic E-state index is -1.13. The standard InChI is InChI=1S/C17H24O7/c1-3-9(2)16(21)23-7-12(18)8-24-17(22)14-11-5-4-10(6-11)13(14)15(19)20/h4-5,9-14,18H,3,6-8H2,1-2H3,(H,19,20). The lowest BCUT2D eigenvalue weighted by molar-refractivity contribution is -0.162. The largest absolute Gasteiger partial charge is 0.481 e.